The molecule has 0 aliphatic carbocycles. The molecule has 2 N–H and O–H groups in total. The van der Waals surface area contributed by atoms with Crippen molar-refractivity contribution in [1.82, 2.24) is 5.32 Å². The zero-order valence-corrected chi connectivity index (χ0v) is 25.4. The van der Waals surface area contributed by atoms with E-state index in [1.54, 1.807) is 11.8 Å². The first kappa shape index (κ1) is 31.0. The highest BCUT2D eigenvalue weighted by atomic mass is 32.2. The number of thioether (sulfide) groups is 2. The Morgan fingerprint density at radius 3 is 2.38 bits per heavy atom. The fourth-order valence-corrected chi connectivity index (χ4v) is 6.76. The molecule has 2 aromatic carbocycles. The summed E-state index contributed by atoms with van der Waals surface area (Å²) in [6, 6.07) is 12.2. The molecule has 0 fully saturated rings. The van der Waals surface area contributed by atoms with E-state index in [1.807, 2.05) is 50.1 Å². The van der Waals surface area contributed by atoms with Gasteiger partial charge in [0.05, 0.1) is 22.9 Å². The minimum Gasteiger partial charge on any atom is -0.478 e. The second-order valence-electron chi connectivity index (χ2n) is 10.5. The Morgan fingerprint density at radius 1 is 1.15 bits per heavy atom. The molecule has 1 heterocycles. The monoisotopic (exact) mass is 570 g/mol. The van der Waals surface area contributed by atoms with Gasteiger partial charge in [-0.1, -0.05) is 39.5 Å². The molecule has 39 heavy (non-hydrogen) atoms. The second kappa shape index (κ2) is 14.7. The summed E-state index contributed by atoms with van der Waals surface area (Å²) in [5.74, 6) is 0.554. The van der Waals surface area contributed by atoms with E-state index in [9.17, 15) is 9.59 Å². The van der Waals surface area contributed by atoms with Crippen LogP contribution >= 0.6 is 23.5 Å². The van der Waals surface area contributed by atoms with E-state index < -0.39 is 5.97 Å². The Hall–Kier alpha value is -2.58. The van der Waals surface area contributed by atoms with Crippen LogP contribution in [-0.2, 0) is 4.79 Å². The van der Waals surface area contributed by atoms with Gasteiger partial charge in [-0.3, -0.25) is 4.79 Å². The average molecular weight is 571 g/mol. The Kier molecular flexibility index (Phi) is 11.7. The maximum absolute atomic E-state index is 12.6. The van der Waals surface area contributed by atoms with Gasteiger partial charge in [0.15, 0.2) is 0 Å². The van der Waals surface area contributed by atoms with Gasteiger partial charge in [0, 0.05) is 34.5 Å². The van der Waals surface area contributed by atoms with Crippen LogP contribution in [0, 0.1) is 5.41 Å². The van der Waals surface area contributed by atoms with E-state index in [4.69, 9.17) is 9.84 Å². The lowest BCUT2D eigenvalue weighted by molar-refractivity contribution is -0.131. The number of hydrogen-bond donors (Lipinski definition) is 2. The summed E-state index contributed by atoms with van der Waals surface area (Å²) in [6.07, 6.45) is 11.3. The largest absolute Gasteiger partial charge is 0.478 e. The van der Waals surface area contributed by atoms with Gasteiger partial charge in [0.2, 0.25) is 0 Å². The van der Waals surface area contributed by atoms with E-state index in [2.05, 4.69) is 42.3 Å². The van der Waals surface area contributed by atoms with E-state index in [-0.39, 0.29) is 17.4 Å². The fourth-order valence-electron chi connectivity index (χ4n) is 4.87. The standard InChI is InChI=1S/C31H42N2O4S2/c1-6-8-15-31(16-9-7-2)20-33(24-12-10-23(11-13-24)30(36)32-22(3)4)25-18-28(38-5)26(19-27(25)39-21-31)37-17-14-29(34)35/h10-14,17-19,22H,6-9,15-16,20-21H2,1-5H3,(H,32,36)(H,34,35)/b17-14+. The molecular formula is C31H42N2O4S2. The number of hydrogen-bond acceptors (Lipinski definition) is 6. The quantitative estimate of drug-likeness (QED) is 0.143. The molecule has 0 saturated carbocycles. The van der Waals surface area contributed by atoms with Crippen LogP contribution in [0.3, 0.4) is 0 Å². The van der Waals surface area contributed by atoms with Crippen LogP contribution in [-0.4, -0.2) is 41.6 Å². The minimum absolute atomic E-state index is 0.0653. The number of nitrogens with zero attached hydrogens (tertiary/aromatic N) is 1. The van der Waals surface area contributed by atoms with Gasteiger partial charge < -0.3 is 20.1 Å². The Morgan fingerprint density at radius 2 is 1.82 bits per heavy atom. The molecule has 0 bridgehead atoms. The first-order valence-corrected chi connectivity index (χ1v) is 16.0. The molecule has 1 aliphatic heterocycles. The van der Waals surface area contributed by atoms with Crippen molar-refractivity contribution in [1.29, 1.82) is 0 Å². The maximum atomic E-state index is 12.6. The number of unbranched alkanes of at least 4 members (excludes halogenated alkanes) is 2. The number of carbonyl (C=O) groups is 2. The Balaban J connectivity index is 2.09. The number of anilines is 2. The number of benzene rings is 2. The third-order valence-corrected chi connectivity index (χ3v) is 9.10. The molecule has 6 nitrogen and oxygen atoms in total. The molecule has 0 unspecified atom stereocenters. The summed E-state index contributed by atoms with van der Waals surface area (Å²) in [7, 11) is 0. The highest BCUT2D eigenvalue weighted by Gasteiger charge is 2.36. The van der Waals surface area contributed by atoms with Gasteiger partial charge in [0.25, 0.3) is 5.91 Å². The summed E-state index contributed by atoms with van der Waals surface area (Å²) in [4.78, 5) is 28.0. The lowest BCUT2D eigenvalue weighted by Gasteiger charge is -2.38. The van der Waals surface area contributed by atoms with Crippen molar-refractivity contribution < 1.29 is 19.4 Å². The Bertz CT molecular complexity index is 1140. The van der Waals surface area contributed by atoms with Gasteiger partial charge in [-0.25, -0.2) is 4.79 Å². The van der Waals surface area contributed by atoms with Crippen molar-refractivity contribution >= 4 is 46.8 Å². The smallest absolute Gasteiger partial charge is 0.331 e. The highest BCUT2D eigenvalue weighted by molar-refractivity contribution is 7.99. The van der Waals surface area contributed by atoms with E-state index >= 15 is 0 Å². The van der Waals surface area contributed by atoms with Crippen LogP contribution in [0.25, 0.3) is 0 Å². The third-order valence-electron chi connectivity index (χ3n) is 6.95. The van der Waals surface area contributed by atoms with Gasteiger partial charge in [-0.2, -0.15) is 0 Å². The number of ether oxygens (including phenoxy) is 1. The molecular weight excluding hydrogens is 528 g/mol. The van der Waals surface area contributed by atoms with Gasteiger partial charge in [0.1, 0.15) is 5.75 Å². The van der Waals surface area contributed by atoms with Crippen molar-refractivity contribution in [3.8, 4) is 5.75 Å². The van der Waals surface area contributed by atoms with Crippen LogP contribution in [0.2, 0.25) is 0 Å². The molecule has 0 spiro atoms. The molecule has 0 atom stereocenters. The Labute approximate surface area is 242 Å². The number of rotatable bonds is 13. The van der Waals surface area contributed by atoms with E-state index in [1.165, 1.54) is 19.1 Å². The molecule has 212 valence electrons. The van der Waals surface area contributed by atoms with Gasteiger partial charge >= 0.3 is 5.97 Å². The number of nitrogens with one attached hydrogen (secondary N) is 1. The molecule has 2 aromatic rings. The zero-order chi connectivity index (χ0) is 28.4. The highest BCUT2D eigenvalue weighted by Crippen LogP contribution is 2.50. The summed E-state index contributed by atoms with van der Waals surface area (Å²) in [5.41, 5.74) is 2.98. The molecule has 8 heteroatoms. The molecule has 1 amide bonds. The molecule has 3 rings (SSSR count). The first-order chi connectivity index (χ1) is 18.7. The summed E-state index contributed by atoms with van der Waals surface area (Å²) in [6.45, 7) is 9.33. The lowest BCUT2D eigenvalue weighted by atomic mass is 9.79. The van der Waals surface area contributed by atoms with Crippen molar-refractivity contribution in [3.05, 3.63) is 54.3 Å². The van der Waals surface area contributed by atoms with Crippen molar-refractivity contribution in [2.45, 2.75) is 82.1 Å². The van der Waals surface area contributed by atoms with Crippen molar-refractivity contribution in [2.75, 3.05) is 23.5 Å². The third kappa shape index (κ3) is 8.45. The predicted octanol–water partition coefficient (Wildman–Crippen LogP) is 8.13. The van der Waals surface area contributed by atoms with Crippen LogP contribution < -0.4 is 15.0 Å². The van der Waals surface area contributed by atoms with Crippen LogP contribution in [0.4, 0.5) is 11.4 Å². The van der Waals surface area contributed by atoms with E-state index in [0.717, 1.165) is 65.2 Å². The average Bonchev–Trinajstić information content (AvgIpc) is 3.07. The van der Waals surface area contributed by atoms with Crippen LogP contribution in [0.15, 0.2) is 58.5 Å². The number of carboxylic acid groups (broad SMARTS) is 1. The van der Waals surface area contributed by atoms with Crippen LogP contribution in [0.1, 0.15) is 76.6 Å². The SMILES string of the molecule is CCCCC1(CCCC)CSc2cc(O/C=C/C(=O)O)c(SC)cc2N(c2ccc(C(=O)NC(C)C)cc2)C1. The molecule has 1 aliphatic rings. The number of aliphatic carboxylic acids is 1. The fraction of sp³-hybridized carbons (Fsp3) is 0.484. The topological polar surface area (TPSA) is 78.9 Å². The molecule has 0 aromatic heterocycles. The summed E-state index contributed by atoms with van der Waals surface area (Å²) in [5, 5.41) is 12.0. The summed E-state index contributed by atoms with van der Waals surface area (Å²) < 4.78 is 5.78. The minimum atomic E-state index is -1.04. The lowest BCUT2D eigenvalue weighted by Crippen LogP contribution is -2.36. The van der Waals surface area contributed by atoms with Crippen molar-refractivity contribution in [2.24, 2.45) is 5.41 Å². The maximum Gasteiger partial charge on any atom is 0.331 e. The second-order valence-corrected chi connectivity index (χ2v) is 12.4. The number of carbonyl (C=O) groups excluding carboxylic acids is 1. The van der Waals surface area contributed by atoms with Gasteiger partial charge in [-0.05, 0) is 74.8 Å². The number of fused-ring (bicyclic) bond motifs is 1. The number of carboxylic acids is 1. The van der Waals surface area contributed by atoms with Crippen LogP contribution in [0.5, 0.6) is 5.75 Å². The normalized spacial score (nSPS) is 14.8. The molecule has 0 saturated heterocycles. The zero-order valence-electron chi connectivity index (χ0n) is 23.8. The van der Waals surface area contributed by atoms with Crippen molar-refractivity contribution in [3.63, 3.8) is 0 Å². The van der Waals surface area contributed by atoms with Gasteiger partial charge in [-0.15, -0.1) is 23.5 Å². The van der Waals surface area contributed by atoms with E-state index in [0.29, 0.717) is 11.3 Å². The first-order valence-electron chi connectivity index (χ1n) is 13.8. The molecule has 0 radical (unpaired) electrons. The number of amides is 1. The predicted molar refractivity (Wildman–Crippen MR) is 164 cm³/mol. The summed E-state index contributed by atoms with van der Waals surface area (Å²) >= 11 is 3.44.